The highest BCUT2D eigenvalue weighted by Crippen LogP contribution is 2.24. The molecule has 1 aromatic heterocycles. The van der Waals surface area contributed by atoms with Gasteiger partial charge in [-0.1, -0.05) is 65.0 Å². The van der Waals surface area contributed by atoms with E-state index in [0.717, 1.165) is 18.3 Å². The third kappa shape index (κ3) is 7.16. The summed E-state index contributed by atoms with van der Waals surface area (Å²) in [6.07, 6.45) is 1.80. The van der Waals surface area contributed by atoms with Crippen molar-refractivity contribution < 1.29 is 4.42 Å². The lowest BCUT2D eigenvalue weighted by molar-refractivity contribution is 0.379. The Morgan fingerprint density at radius 1 is 1.15 bits per heavy atom. The molecule has 0 aliphatic heterocycles. The fourth-order valence-electron chi connectivity index (χ4n) is 2.76. The van der Waals surface area contributed by atoms with Crippen molar-refractivity contribution in [3.05, 3.63) is 53.7 Å². The maximum atomic E-state index is 5.82. The first-order valence-corrected chi connectivity index (χ1v) is 9.26. The minimum absolute atomic E-state index is 0. The summed E-state index contributed by atoms with van der Waals surface area (Å²) < 4.78 is 5.82. The highest BCUT2D eigenvalue weighted by Gasteiger charge is 2.19. The van der Waals surface area contributed by atoms with Crippen LogP contribution in [0.4, 0.5) is 0 Å². The van der Waals surface area contributed by atoms with Gasteiger partial charge in [-0.25, -0.2) is 4.98 Å². The van der Waals surface area contributed by atoms with Gasteiger partial charge in [0.1, 0.15) is 5.76 Å². The van der Waals surface area contributed by atoms with Crippen LogP contribution in [0.15, 0.2) is 45.9 Å². The second-order valence-electron chi connectivity index (χ2n) is 7.94. The molecule has 0 spiro atoms. The van der Waals surface area contributed by atoms with Crippen LogP contribution in [0.3, 0.4) is 0 Å². The second kappa shape index (κ2) is 10.7. The van der Waals surface area contributed by atoms with Gasteiger partial charge in [0, 0.05) is 24.9 Å². The van der Waals surface area contributed by atoms with E-state index in [9.17, 15) is 0 Å². The molecule has 0 aliphatic rings. The lowest BCUT2D eigenvalue weighted by Gasteiger charge is -2.23. The largest absolute Gasteiger partial charge is 0.443 e. The number of oxazole rings is 1. The van der Waals surface area contributed by atoms with Gasteiger partial charge in [0.25, 0.3) is 0 Å². The number of guanidine groups is 1. The standard InChI is InChI=1S/C21H32N4O.HI/c1-15(2)17(16-10-8-7-9-11-16)12-24-20(22-6)25-14-19-23-13-18(26-19)21(3,4)5;/h7-11,13,15,17H,12,14H2,1-6H3,(H2,22,24,25);1H. The quantitative estimate of drug-likeness (QED) is 0.355. The van der Waals surface area contributed by atoms with Crippen LogP contribution >= 0.6 is 24.0 Å². The molecule has 0 bridgehead atoms. The van der Waals surface area contributed by atoms with E-state index in [1.54, 1.807) is 13.2 Å². The molecular weight excluding hydrogens is 451 g/mol. The molecule has 150 valence electrons. The zero-order chi connectivity index (χ0) is 19.2. The van der Waals surface area contributed by atoms with Crippen molar-refractivity contribution in [2.24, 2.45) is 10.9 Å². The van der Waals surface area contributed by atoms with E-state index < -0.39 is 0 Å². The van der Waals surface area contributed by atoms with E-state index in [1.807, 2.05) is 0 Å². The Hall–Kier alpha value is -1.57. The number of nitrogens with zero attached hydrogens (tertiary/aromatic N) is 2. The zero-order valence-electron chi connectivity index (χ0n) is 17.2. The van der Waals surface area contributed by atoms with Crippen LogP contribution in [0.25, 0.3) is 0 Å². The average Bonchev–Trinajstić information content (AvgIpc) is 3.08. The maximum absolute atomic E-state index is 5.82. The van der Waals surface area contributed by atoms with Crippen LogP contribution in [-0.4, -0.2) is 24.5 Å². The van der Waals surface area contributed by atoms with Crippen LogP contribution in [0, 0.1) is 5.92 Å². The lowest BCUT2D eigenvalue weighted by Crippen LogP contribution is -2.39. The molecule has 1 aromatic carbocycles. The third-order valence-corrected chi connectivity index (χ3v) is 4.45. The summed E-state index contributed by atoms with van der Waals surface area (Å²) in [5, 5.41) is 6.70. The fourth-order valence-corrected chi connectivity index (χ4v) is 2.76. The first-order valence-electron chi connectivity index (χ1n) is 9.26. The van der Waals surface area contributed by atoms with E-state index >= 15 is 0 Å². The van der Waals surface area contributed by atoms with Crippen molar-refractivity contribution in [3.63, 3.8) is 0 Å². The van der Waals surface area contributed by atoms with E-state index in [1.165, 1.54) is 5.56 Å². The summed E-state index contributed by atoms with van der Waals surface area (Å²) in [5.74, 6) is 3.26. The maximum Gasteiger partial charge on any atom is 0.213 e. The van der Waals surface area contributed by atoms with Crippen LogP contribution < -0.4 is 10.6 Å². The lowest BCUT2D eigenvalue weighted by atomic mass is 9.88. The number of benzene rings is 1. The van der Waals surface area contributed by atoms with Crippen molar-refractivity contribution in [2.75, 3.05) is 13.6 Å². The number of halogens is 1. The van der Waals surface area contributed by atoms with Crippen LogP contribution in [0.2, 0.25) is 0 Å². The number of hydrogen-bond donors (Lipinski definition) is 2. The zero-order valence-corrected chi connectivity index (χ0v) is 19.6. The minimum atomic E-state index is -0.0364. The van der Waals surface area contributed by atoms with E-state index in [0.29, 0.717) is 24.3 Å². The van der Waals surface area contributed by atoms with Gasteiger partial charge >= 0.3 is 0 Å². The Bertz CT molecular complexity index is 704. The van der Waals surface area contributed by atoms with Crippen molar-refractivity contribution in [3.8, 4) is 0 Å². The van der Waals surface area contributed by atoms with Crippen molar-refractivity contribution >= 4 is 29.9 Å². The highest BCUT2D eigenvalue weighted by atomic mass is 127. The second-order valence-corrected chi connectivity index (χ2v) is 7.94. The van der Waals surface area contributed by atoms with Crippen molar-refractivity contribution in [2.45, 2.75) is 52.5 Å². The molecule has 0 fully saturated rings. The van der Waals surface area contributed by atoms with Gasteiger partial charge in [0.15, 0.2) is 5.96 Å². The number of hydrogen-bond acceptors (Lipinski definition) is 3. The molecule has 0 amide bonds. The topological polar surface area (TPSA) is 62.5 Å². The van der Waals surface area contributed by atoms with Crippen molar-refractivity contribution in [1.82, 2.24) is 15.6 Å². The summed E-state index contributed by atoms with van der Waals surface area (Å²) in [6.45, 7) is 12.2. The van der Waals surface area contributed by atoms with Crippen LogP contribution in [0.1, 0.15) is 57.8 Å². The Morgan fingerprint density at radius 2 is 1.81 bits per heavy atom. The molecule has 0 saturated carbocycles. The fraction of sp³-hybridized carbons (Fsp3) is 0.524. The van der Waals surface area contributed by atoms with E-state index in [4.69, 9.17) is 4.42 Å². The van der Waals surface area contributed by atoms with Gasteiger partial charge in [0.2, 0.25) is 5.89 Å². The first-order chi connectivity index (χ1) is 12.3. The number of aliphatic imine (C=N–C) groups is 1. The molecule has 0 saturated heterocycles. The molecule has 6 heteroatoms. The number of rotatable bonds is 6. The normalized spacial score (nSPS) is 13.2. The first kappa shape index (κ1) is 23.5. The van der Waals surface area contributed by atoms with E-state index in [2.05, 4.69) is 85.6 Å². The Kier molecular flexibility index (Phi) is 9.29. The van der Waals surface area contributed by atoms with Gasteiger partial charge < -0.3 is 15.1 Å². The molecule has 1 unspecified atom stereocenters. The van der Waals surface area contributed by atoms with Crippen molar-refractivity contribution in [1.29, 1.82) is 0 Å². The predicted octanol–water partition coefficient (Wildman–Crippen LogP) is 4.69. The third-order valence-electron chi connectivity index (χ3n) is 4.45. The molecule has 2 rings (SSSR count). The van der Waals surface area contributed by atoms with Crippen LogP contribution in [-0.2, 0) is 12.0 Å². The van der Waals surface area contributed by atoms with Gasteiger partial charge in [-0.3, -0.25) is 4.99 Å². The monoisotopic (exact) mass is 484 g/mol. The molecular formula is C21H33IN4O. The molecule has 0 radical (unpaired) electrons. The van der Waals surface area contributed by atoms with Gasteiger partial charge in [-0.05, 0) is 11.5 Å². The summed E-state index contributed by atoms with van der Waals surface area (Å²) in [6, 6.07) is 10.6. The average molecular weight is 484 g/mol. The van der Waals surface area contributed by atoms with Gasteiger partial charge in [-0.15, -0.1) is 24.0 Å². The Labute approximate surface area is 180 Å². The number of nitrogens with one attached hydrogen (secondary N) is 2. The number of aromatic nitrogens is 1. The molecule has 5 nitrogen and oxygen atoms in total. The smallest absolute Gasteiger partial charge is 0.213 e. The van der Waals surface area contributed by atoms with Gasteiger partial charge in [-0.2, -0.15) is 0 Å². The molecule has 0 aliphatic carbocycles. The molecule has 1 atom stereocenters. The Balaban J connectivity index is 0.00000364. The molecule has 2 N–H and O–H groups in total. The molecule has 1 heterocycles. The summed E-state index contributed by atoms with van der Waals surface area (Å²) in [4.78, 5) is 8.66. The van der Waals surface area contributed by atoms with Gasteiger partial charge in [0.05, 0.1) is 12.7 Å². The summed E-state index contributed by atoms with van der Waals surface area (Å²) >= 11 is 0. The van der Waals surface area contributed by atoms with E-state index in [-0.39, 0.29) is 29.4 Å². The minimum Gasteiger partial charge on any atom is -0.443 e. The van der Waals surface area contributed by atoms with Crippen LogP contribution in [0.5, 0.6) is 0 Å². The predicted molar refractivity (Wildman–Crippen MR) is 123 cm³/mol. The SMILES string of the molecule is CN=C(NCc1ncc(C(C)(C)C)o1)NCC(c1ccccc1)C(C)C.I. The molecule has 27 heavy (non-hydrogen) atoms. The summed E-state index contributed by atoms with van der Waals surface area (Å²) in [7, 11) is 1.78. The molecule has 2 aromatic rings. The summed E-state index contributed by atoms with van der Waals surface area (Å²) in [5.41, 5.74) is 1.30. The Morgan fingerprint density at radius 3 is 2.33 bits per heavy atom. The highest BCUT2D eigenvalue weighted by molar-refractivity contribution is 14.0.